The zero-order valence-corrected chi connectivity index (χ0v) is 12.5. The van der Waals surface area contributed by atoms with E-state index in [1.54, 1.807) is 25.4 Å². The van der Waals surface area contributed by atoms with Crippen LogP contribution in [-0.4, -0.2) is 23.6 Å². The summed E-state index contributed by atoms with van der Waals surface area (Å²) >= 11 is 0. The summed E-state index contributed by atoms with van der Waals surface area (Å²) in [6.07, 6.45) is 7.91. The quantitative estimate of drug-likeness (QED) is 0.884. The molecule has 21 heavy (non-hydrogen) atoms. The number of nitrogens with one attached hydrogen (secondary N) is 2. The average Bonchev–Trinajstić information content (AvgIpc) is 2.71. The smallest absolute Gasteiger partial charge is 0.274 e. The molecular weight excluding hydrogens is 266 g/mol. The van der Waals surface area contributed by atoms with E-state index in [0.717, 1.165) is 0 Å². The Balaban J connectivity index is 1.66. The predicted octanol–water partition coefficient (Wildman–Crippen LogP) is 1.58. The first-order chi connectivity index (χ1) is 10.2. The van der Waals surface area contributed by atoms with Crippen LogP contribution in [0.4, 0.5) is 5.69 Å². The third-order valence-electron chi connectivity index (χ3n) is 5.00. The Morgan fingerprint density at radius 1 is 1.29 bits per heavy atom. The van der Waals surface area contributed by atoms with Crippen molar-refractivity contribution in [2.45, 2.75) is 44.7 Å². The van der Waals surface area contributed by atoms with Crippen LogP contribution in [0.2, 0.25) is 0 Å². The number of anilines is 1. The highest BCUT2D eigenvalue weighted by Gasteiger charge is 2.39. The van der Waals surface area contributed by atoms with Crippen LogP contribution in [0.5, 0.6) is 0 Å². The molecule has 2 N–H and O–H groups in total. The molecule has 114 valence electrons. The van der Waals surface area contributed by atoms with Gasteiger partial charge in [0.15, 0.2) is 0 Å². The van der Waals surface area contributed by atoms with E-state index < -0.39 is 0 Å². The molecule has 0 aromatic carbocycles. The normalized spacial score (nSPS) is 27.4. The minimum atomic E-state index is -0.151. The second kappa shape index (κ2) is 5.92. The van der Waals surface area contributed by atoms with Gasteiger partial charge in [0.05, 0.1) is 0 Å². The number of pyridine rings is 1. The van der Waals surface area contributed by atoms with Crippen LogP contribution in [-0.2, 0) is 11.3 Å². The Kier molecular flexibility index (Phi) is 3.99. The summed E-state index contributed by atoms with van der Waals surface area (Å²) in [5.41, 5.74) is 0.366. The first-order valence-electron chi connectivity index (χ1n) is 7.85. The van der Waals surface area contributed by atoms with Gasteiger partial charge in [-0.25, -0.2) is 0 Å². The van der Waals surface area contributed by atoms with E-state index in [0.29, 0.717) is 23.6 Å². The van der Waals surface area contributed by atoms with E-state index in [1.165, 1.54) is 36.7 Å². The van der Waals surface area contributed by atoms with Crippen molar-refractivity contribution >= 4 is 11.6 Å². The van der Waals surface area contributed by atoms with Crippen LogP contribution in [0.3, 0.4) is 0 Å². The number of nitrogens with zero attached hydrogens (tertiary/aromatic N) is 1. The molecule has 0 saturated heterocycles. The zero-order chi connectivity index (χ0) is 14.8. The Labute approximate surface area is 124 Å². The average molecular weight is 289 g/mol. The number of aromatic nitrogens is 1. The fraction of sp³-hybridized carbons (Fsp3) is 0.625. The van der Waals surface area contributed by atoms with Crippen LogP contribution in [0, 0.1) is 11.8 Å². The molecule has 1 aromatic heterocycles. The lowest BCUT2D eigenvalue weighted by atomic mass is 9.84. The van der Waals surface area contributed by atoms with Crippen molar-refractivity contribution in [1.29, 1.82) is 0 Å². The van der Waals surface area contributed by atoms with Gasteiger partial charge in [-0.2, -0.15) is 0 Å². The van der Waals surface area contributed by atoms with Gasteiger partial charge in [-0.05, 0) is 49.7 Å². The highest BCUT2D eigenvalue weighted by atomic mass is 16.2. The van der Waals surface area contributed by atoms with E-state index in [2.05, 4.69) is 10.6 Å². The monoisotopic (exact) mass is 289 g/mol. The molecule has 1 aromatic rings. The number of fused-ring (bicyclic) bond motifs is 2. The second-order valence-electron chi connectivity index (χ2n) is 6.23. The maximum absolute atomic E-state index is 12.3. The summed E-state index contributed by atoms with van der Waals surface area (Å²) in [4.78, 5) is 24.3. The van der Waals surface area contributed by atoms with Crippen molar-refractivity contribution in [2.24, 2.45) is 11.8 Å². The lowest BCUT2D eigenvalue weighted by Gasteiger charge is -2.30. The van der Waals surface area contributed by atoms with Crippen molar-refractivity contribution < 1.29 is 4.79 Å². The van der Waals surface area contributed by atoms with Crippen molar-refractivity contribution in [3.63, 3.8) is 0 Å². The molecule has 2 saturated carbocycles. The van der Waals surface area contributed by atoms with E-state index in [-0.39, 0.29) is 18.0 Å². The van der Waals surface area contributed by atoms with Crippen LogP contribution >= 0.6 is 0 Å². The first-order valence-corrected chi connectivity index (χ1v) is 7.85. The summed E-state index contributed by atoms with van der Waals surface area (Å²) < 4.78 is 1.46. The summed E-state index contributed by atoms with van der Waals surface area (Å²) in [7, 11) is 1.71. The van der Waals surface area contributed by atoms with Crippen LogP contribution < -0.4 is 16.2 Å². The lowest BCUT2D eigenvalue weighted by molar-refractivity contribution is -0.123. The highest BCUT2D eigenvalue weighted by Crippen LogP contribution is 2.42. The summed E-state index contributed by atoms with van der Waals surface area (Å²) in [6, 6.07) is 3.83. The summed E-state index contributed by atoms with van der Waals surface area (Å²) in [5, 5.41) is 6.02. The van der Waals surface area contributed by atoms with E-state index in [9.17, 15) is 9.59 Å². The Morgan fingerprint density at radius 3 is 2.67 bits per heavy atom. The third kappa shape index (κ3) is 2.82. The number of carbonyl (C=O) groups is 1. The third-order valence-corrected chi connectivity index (χ3v) is 5.00. The largest absolute Gasteiger partial charge is 0.384 e. The fourth-order valence-corrected chi connectivity index (χ4v) is 3.94. The number of hydrogen-bond donors (Lipinski definition) is 2. The maximum atomic E-state index is 12.3. The molecule has 1 amide bonds. The topological polar surface area (TPSA) is 63.1 Å². The molecule has 2 fully saturated rings. The molecule has 0 radical (unpaired) electrons. The van der Waals surface area contributed by atoms with E-state index >= 15 is 0 Å². The van der Waals surface area contributed by atoms with Gasteiger partial charge in [0.2, 0.25) is 5.91 Å². The van der Waals surface area contributed by atoms with Crippen LogP contribution in [0.1, 0.15) is 32.1 Å². The molecule has 2 aliphatic rings. The molecule has 0 spiro atoms. The number of hydrogen-bond acceptors (Lipinski definition) is 3. The van der Waals surface area contributed by atoms with Crippen LogP contribution in [0.15, 0.2) is 23.1 Å². The maximum Gasteiger partial charge on any atom is 0.274 e. The van der Waals surface area contributed by atoms with E-state index in [4.69, 9.17) is 0 Å². The van der Waals surface area contributed by atoms with Gasteiger partial charge in [-0.3, -0.25) is 9.59 Å². The lowest BCUT2D eigenvalue weighted by Crippen LogP contribution is -2.45. The van der Waals surface area contributed by atoms with Gasteiger partial charge >= 0.3 is 0 Å². The van der Waals surface area contributed by atoms with Crippen LogP contribution in [0.25, 0.3) is 0 Å². The molecule has 1 heterocycles. The fourth-order valence-electron chi connectivity index (χ4n) is 3.94. The van der Waals surface area contributed by atoms with Gasteiger partial charge in [0.25, 0.3) is 5.56 Å². The Morgan fingerprint density at radius 2 is 2.00 bits per heavy atom. The second-order valence-corrected chi connectivity index (χ2v) is 6.23. The molecule has 2 aliphatic carbocycles. The number of rotatable bonds is 4. The molecule has 5 nitrogen and oxygen atoms in total. The molecule has 2 atom stereocenters. The predicted molar refractivity (Wildman–Crippen MR) is 82.2 cm³/mol. The number of amides is 1. The minimum Gasteiger partial charge on any atom is -0.384 e. The molecule has 5 heteroatoms. The summed E-state index contributed by atoms with van der Waals surface area (Å²) in [5.74, 6) is 1.25. The minimum absolute atomic E-state index is 0.0471. The molecule has 0 aliphatic heterocycles. The van der Waals surface area contributed by atoms with Gasteiger partial charge in [0, 0.05) is 19.3 Å². The van der Waals surface area contributed by atoms with Crippen molar-refractivity contribution in [3.8, 4) is 0 Å². The number of carbonyl (C=O) groups excluding carboxylic acids is 1. The summed E-state index contributed by atoms with van der Waals surface area (Å²) in [6.45, 7) is 0.101. The van der Waals surface area contributed by atoms with Gasteiger partial charge < -0.3 is 15.2 Å². The standard InChI is InChI=1S/C16H23N3O2/c1-17-13-6-3-9-19(16(13)21)10-14(20)18-15-11-4-2-5-12(15)8-7-11/h3,6,9,11-12,15,17H,2,4-5,7-8,10H2,1H3,(H,18,20). The zero-order valence-electron chi connectivity index (χ0n) is 12.5. The SMILES string of the molecule is CNc1cccn(CC(=O)NC2C3CCCC2CC3)c1=O. The van der Waals surface area contributed by atoms with Crippen molar-refractivity contribution in [2.75, 3.05) is 12.4 Å². The van der Waals surface area contributed by atoms with Crippen molar-refractivity contribution in [1.82, 2.24) is 9.88 Å². The first kappa shape index (κ1) is 14.2. The Bertz CT molecular complexity index is 565. The molecule has 3 rings (SSSR count). The molecule has 2 unspecified atom stereocenters. The highest BCUT2D eigenvalue weighted by molar-refractivity contribution is 5.76. The van der Waals surface area contributed by atoms with Crippen molar-refractivity contribution in [3.05, 3.63) is 28.7 Å². The molecular formula is C16H23N3O2. The van der Waals surface area contributed by atoms with Gasteiger partial charge in [0.1, 0.15) is 12.2 Å². The Hall–Kier alpha value is -1.78. The molecule has 2 bridgehead atoms. The van der Waals surface area contributed by atoms with Gasteiger partial charge in [-0.15, -0.1) is 0 Å². The van der Waals surface area contributed by atoms with E-state index in [1.807, 2.05) is 0 Å². The van der Waals surface area contributed by atoms with Gasteiger partial charge in [-0.1, -0.05) is 6.42 Å².